The summed E-state index contributed by atoms with van der Waals surface area (Å²) in [6.07, 6.45) is 3.11. The number of thiophene rings is 1. The van der Waals surface area contributed by atoms with E-state index in [1.165, 1.54) is 29.4 Å². The van der Waals surface area contributed by atoms with E-state index in [2.05, 4.69) is 11.9 Å². The van der Waals surface area contributed by atoms with Crippen LogP contribution in [0, 0.1) is 13.8 Å². The summed E-state index contributed by atoms with van der Waals surface area (Å²) < 4.78 is 24.3. The first-order chi connectivity index (χ1) is 10.7. The van der Waals surface area contributed by atoms with Crippen LogP contribution in [0.4, 0.5) is 0 Å². The maximum atomic E-state index is 12.8. The molecule has 23 heavy (non-hydrogen) atoms. The summed E-state index contributed by atoms with van der Waals surface area (Å²) in [5.41, 5.74) is 0.993. The number of rotatable bonds is 7. The highest BCUT2D eigenvalue weighted by molar-refractivity contribution is 8.00. The number of sulfone groups is 1. The van der Waals surface area contributed by atoms with Crippen molar-refractivity contribution in [2.45, 2.75) is 45.3 Å². The van der Waals surface area contributed by atoms with E-state index in [9.17, 15) is 13.2 Å². The van der Waals surface area contributed by atoms with E-state index in [1.54, 1.807) is 4.57 Å². The van der Waals surface area contributed by atoms with Crippen LogP contribution in [-0.4, -0.2) is 35.7 Å². The summed E-state index contributed by atoms with van der Waals surface area (Å²) in [5.74, 6) is 0.494. The van der Waals surface area contributed by atoms with E-state index in [1.807, 2.05) is 13.8 Å². The van der Waals surface area contributed by atoms with Gasteiger partial charge in [0.25, 0.3) is 5.56 Å². The topological polar surface area (TPSA) is 69.0 Å². The predicted octanol–water partition coefficient (Wildman–Crippen LogP) is 3.01. The average molecular weight is 375 g/mol. The quantitative estimate of drug-likeness (QED) is 0.550. The average Bonchev–Trinajstić information content (AvgIpc) is 2.72. The maximum Gasteiger partial charge on any atom is 0.263 e. The Morgan fingerprint density at radius 1 is 1.30 bits per heavy atom. The molecule has 0 aliphatic carbocycles. The van der Waals surface area contributed by atoms with Gasteiger partial charge < -0.3 is 0 Å². The van der Waals surface area contributed by atoms with Crippen LogP contribution in [0.1, 0.15) is 30.2 Å². The fourth-order valence-electron chi connectivity index (χ4n) is 2.22. The molecule has 0 spiro atoms. The van der Waals surface area contributed by atoms with Crippen molar-refractivity contribution in [2.75, 3.05) is 17.8 Å². The minimum Gasteiger partial charge on any atom is -0.287 e. The predicted molar refractivity (Wildman–Crippen MR) is 98.7 cm³/mol. The highest BCUT2D eigenvalue weighted by Crippen LogP contribution is 2.28. The molecule has 0 fully saturated rings. The number of hydrogen-bond acceptors (Lipinski definition) is 6. The Morgan fingerprint density at radius 2 is 2.00 bits per heavy atom. The smallest absolute Gasteiger partial charge is 0.263 e. The number of nitrogens with zero attached hydrogens (tertiary/aromatic N) is 2. The van der Waals surface area contributed by atoms with E-state index < -0.39 is 9.84 Å². The molecule has 0 saturated heterocycles. The molecule has 2 rings (SSSR count). The summed E-state index contributed by atoms with van der Waals surface area (Å²) in [4.78, 5) is 19.3. The van der Waals surface area contributed by atoms with Gasteiger partial charge in [0.15, 0.2) is 5.16 Å². The van der Waals surface area contributed by atoms with Gasteiger partial charge in [0, 0.05) is 23.4 Å². The van der Waals surface area contributed by atoms with Crippen molar-refractivity contribution in [2.24, 2.45) is 0 Å². The second-order valence-corrected chi connectivity index (χ2v) is 10.2. The third kappa shape index (κ3) is 4.36. The lowest BCUT2D eigenvalue weighted by atomic mass is 10.2. The molecular weight excluding hydrogens is 352 g/mol. The van der Waals surface area contributed by atoms with Crippen molar-refractivity contribution in [1.29, 1.82) is 0 Å². The van der Waals surface area contributed by atoms with Gasteiger partial charge in [0.1, 0.15) is 14.7 Å². The van der Waals surface area contributed by atoms with Crippen LogP contribution in [0.3, 0.4) is 0 Å². The molecule has 2 aromatic rings. The zero-order valence-corrected chi connectivity index (χ0v) is 16.3. The highest BCUT2D eigenvalue weighted by Gasteiger charge is 2.17. The maximum absolute atomic E-state index is 12.8. The van der Waals surface area contributed by atoms with Crippen LogP contribution in [0.5, 0.6) is 0 Å². The highest BCUT2D eigenvalue weighted by atomic mass is 32.2. The molecule has 2 heterocycles. The van der Waals surface area contributed by atoms with Crippen molar-refractivity contribution in [1.82, 2.24) is 9.55 Å². The van der Waals surface area contributed by atoms with Gasteiger partial charge in [-0.2, -0.15) is 0 Å². The van der Waals surface area contributed by atoms with E-state index in [0.29, 0.717) is 22.8 Å². The molecule has 0 aliphatic rings. The molecule has 0 N–H and O–H groups in total. The lowest BCUT2D eigenvalue weighted by Gasteiger charge is -2.11. The number of fused-ring (bicyclic) bond motifs is 1. The molecule has 8 heteroatoms. The molecule has 0 radical (unpaired) electrons. The molecule has 0 aliphatic heterocycles. The normalized spacial score (nSPS) is 12.2. The van der Waals surface area contributed by atoms with Crippen LogP contribution in [0.2, 0.25) is 0 Å². The first-order valence-electron chi connectivity index (χ1n) is 7.55. The molecule has 0 aromatic carbocycles. The second-order valence-electron chi connectivity index (χ2n) is 5.65. The van der Waals surface area contributed by atoms with Crippen molar-refractivity contribution >= 4 is 43.2 Å². The largest absolute Gasteiger partial charge is 0.287 e. The molecule has 0 atom stereocenters. The lowest BCUT2D eigenvalue weighted by molar-refractivity contribution is 0.558. The molecule has 0 saturated carbocycles. The monoisotopic (exact) mass is 374 g/mol. The zero-order valence-electron chi connectivity index (χ0n) is 13.9. The van der Waals surface area contributed by atoms with E-state index >= 15 is 0 Å². The Hall–Kier alpha value is -0.860. The minimum absolute atomic E-state index is 0.00726. The molecule has 128 valence electrons. The minimum atomic E-state index is -3.01. The molecule has 2 aromatic heterocycles. The van der Waals surface area contributed by atoms with E-state index in [0.717, 1.165) is 28.1 Å². The van der Waals surface area contributed by atoms with Gasteiger partial charge in [-0.3, -0.25) is 9.36 Å². The first kappa shape index (κ1) is 18.5. The second kappa shape index (κ2) is 7.36. The molecular formula is C15H22N2O3S3. The van der Waals surface area contributed by atoms with Crippen LogP contribution < -0.4 is 5.56 Å². The van der Waals surface area contributed by atoms with E-state index in [-0.39, 0.29) is 11.3 Å². The Morgan fingerprint density at radius 3 is 2.61 bits per heavy atom. The third-order valence-electron chi connectivity index (χ3n) is 3.67. The Labute approximate surface area is 145 Å². The van der Waals surface area contributed by atoms with Crippen molar-refractivity contribution < 1.29 is 8.42 Å². The van der Waals surface area contributed by atoms with Crippen LogP contribution >= 0.6 is 23.1 Å². The number of hydrogen-bond donors (Lipinski definition) is 0. The lowest BCUT2D eigenvalue weighted by Crippen LogP contribution is -2.23. The standard InChI is InChI=1S/C15H22N2O3S3/c1-5-6-7-17-14(18)12-10(2)11(3)22-13(12)16-15(17)21-8-9-23(4,19)20/h5-9H2,1-4H3. The molecule has 0 unspecified atom stereocenters. The van der Waals surface area contributed by atoms with Gasteiger partial charge >= 0.3 is 0 Å². The van der Waals surface area contributed by atoms with Gasteiger partial charge in [-0.1, -0.05) is 25.1 Å². The Kier molecular flexibility index (Phi) is 5.91. The van der Waals surface area contributed by atoms with Crippen molar-refractivity contribution in [3.05, 3.63) is 20.8 Å². The Balaban J connectivity index is 2.46. The van der Waals surface area contributed by atoms with Crippen LogP contribution in [0.25, 0.3) is 10.2 Å². The molecule has 0 bridgehead atoms. The fraction of sp³-hybridized carbons (Fsp3) is 0.600. The van der Waals surface area contributed by atoms with Gasteiger partial charge in [-0.25, -0.2) is 13.4 Å². The van der Waals surface area contributed by atoms with Gasteiger partial charge in [0.05, 0.1) is 11.1 Å². The number of aryl methyl sites for hydroxylation is 2. The zero-order chi connectivity index (χ0) is 17.2. The SMILES string of the molecule is CCCCn1c(SCCS(C)(=O)=O)nc2sc(C)c(C)c2c1=O. The number of unbranched alkanes of at least 4 members (excludes halogenated alkanes) is 1. The Bertz CT molecular complexity index is 866. The summed E-state index contributed by atoms with van der Waals surface area (Å²) in [6, 6.07) is 0. The summed E-state index contributed by atoms with van der Waals surface area (Å²) >= 11 is 2.87. The number of thioether (sulfide) groups is 1. The fourth-order valence-corrected chi connectivity index (χ4v) is 5.51. The third-order valence-corrected chi connectivity index (χ3v) is 6.96. The van der Waals surface area contributed by atoms with Gasteiger partial charge in [0.2, 0.25) is 0 Å². The molecule has 5 nitrogen and oxygen atoms in total. The van der Waals surface area contributed by atoms with Crippen LogP contribution in [-0.2, 0) is 16.4 Å². The summed E-state index contributed by atoms with van der Waals surface area (Å²) in [5, 5.41) is 1.33. The van der Waals surface area contributed by atoms with Crippen molar-refractivity contribution in [3.63, 3.8) is 0 Å². The van der Waals surface area contributed by atoms with Crippen LogP contribution in [0.15, 0.2) is 9.95 Å². The van der Waals surface area contributed by atoms with Crippen molar-refractivity contribution in [3.8, 4) is 0 Å². The first-order valence-corrected chi connectivity index (χ1v) is 11.4. The molecule has 0 amide bonds. The van der Waals surface area contributed by atoms with Gasteiger partial charge in [-0.15, -0.1) is 11.3 Å². The summed E-state index contributed by atoms with van der Waals surface area (Å²) in [6.45, 7) is 6.65. The van der Waals surface area contributed by atoms with E-state index in [4.69, 9.17) is 0 Å². The summed E-state index contributed by atoms with van der Waals surface area (Å²) in [7, 11) is -3.01. The number of aromatic nitrogens is 2. The van der Waals surface area contributed by atoms with Gasteiger partial charge in [-0.05, 0) is 25.8 Å².